The summed E-state index contributed by atoms with van der Waals surface area (Å²) in [5.74, 6) is -0.765. The maximum Gasteiger partial charge on any atom is 0.409 e. The van der Waals surface area contributed by atoms with Crippen LogP contribution in [0.3, 0.4) is 0 Å². The van der Waals surface area contributed by atoms with Crippen molar-refractivity contribution in [2.24, 2.45) is 7.05 Å². The van der Waals surface area contributed by atoms with Gasteiger partial charge in [0.2, 0.25) is 0 Å². The summed E-state index contributed by atoms with van der Waals surface area (Å²) in [4.78, 5) is 18.2. The third-order valence-corrected chi connectivity index (χ3v) is 7.68. The number of alkyl halides is 3. The van der Waals surface area contributed by atoms with Gasteiger partial charge in [0.1, 0.15) is 17.6 Å². The van der Waals surface area contributed by atoms with Crippen LogP contribution in [0.4, 0.5) is 13.2 Å². The van der Waals surface area contributed by atoms with Crippen LogP contribution in [0.5, 0.6) is 0 Å². The van der Waals surface area contributed by atoms with Crippen molar-refractivity contribution >= 4 is 26.5 Å². The summed E-state index contributed by atoms with van der Waals surface area (Å²) in [6.45, 7) is 2.91. The number of aromatic nitrogens is 2. The first kappa shape index (κ1) is 22.3. The SMILES string of the molecule is CCN1C(=O)c2c(nc(-c3cc4ccccc4cc3S(=O)(=O)CC)n2C)CC1C(F)(F)F. The highest BCUT2D eigenvalue weighted by molar-refractivity contribution is 7.91. The number of likely N-dealkylation sites (N-methyl/N-ethyl adjacent to an activating group) is 1. The van der Waals surface area contributed by atoms with Gasteiger partial charge in [-0.15, -0.1) is 0 Å². The minimum absolute atomic E-state index is 0.0209. The zero-order valence-corrected chi connectivity index (χ0v) is 18.6. The molecule has 1 aliphatic heterocycles. The van der Waals surface area contributed by atoms with Gasteiger partial charge in [-0.1, -0.05) is 31.2 Å². The fourth-order valence-corrected chi connectivity index (χ4v) is 5.34. The average Bonchev–Trinajstić information content (AvgIpc) is 3.08. The molecule has 6 nitrogen and oxygen atoms in total. The van der Waals surface area contributed by atoms with Gasteiger partial charge in [0.05, 0.1) is 16.3 Å². The number of halogens is 3. The van der Waals surface area contributed by atoms with Gasteiger partial charge in [-0.3, -0.25) is 4.79 Å². The highest BCUT2D eigenvalue weighted by atomic mass is 32.2. The van der Waals surface area contributed by atoms with Gasteiger partial charge in [0.25, 0.3) is 5.91 Å². The second kappa shape index (κ2) is 7.61. The Labute approximate surface area is 183 Å². The lowest BCUT2D eigenvalue weighted by molar-refractivity contribution is -0.177. The predicted molar refractivity (Wildman–Crippen MR) is 114 cm³/mol. The fraction of sp³-hybridized carbons (Fsp3) is 0.364. The first-order valence-corrected chi connectivity index (χ1v) is 11.8. The molecule has 1 aromatic heterocycles. The molecular weight excluding hydrogens is 443 g/mol. The molecule has 2 aromatic carbocycles. The molecule has 0 N–H and O–H groups in total. The van der Waals surface area contributed by atoms with E-state index >= 15 is 0 Å². The Morgan fingerprint density at radius 3 is 2.31 bits per heavy atom. The van der Waals surface area contributed by atoms with E-state index in [1.807, 2.05) is 6.07 Å². The molecule has 1 amide bonds. The Morgan fingerprint density at radius 2 is 1.75 bits per heavy atom. The van der Waals surface area contributed by atoms with Gasteiger partial charge in [-0.05, 0) is 29.8 Å². The van der Waals surface area contributed by atoms with Crippen LogP contribution in [-0.2, 0) is 23.3 Å². The van der Waals surface area contributed by atoms with Crippen LogP contribution >= 0.6 is 0 Å². The number of rotatable bonds is 4. The Bertz CT molecular complexity index is 1330. The summed E-state index contributed by atoms with van der Waals surface area (Å²) >= 11 is 0. The first-order chi connectivity index (χ1) is 15.0. The molecule has 1 aliphatic rings. The molecule has 10 heteroatoms. The highest BCUT2D eigenvalue weighted by Gasteiger charge is 2.49. The molecule has 3 aromatic rings. The maximum absolute atomic E-state index is 13.6. The summed E-state index contributed by atoms with van der Waals surface area (Å²) in [5, 5.41) is 1.47. The van der Waals surface area contributed by atoms with E-state index in [0.717, 1.165) is 10.3 Å². The summed E-state index contributed by atoms with van der Waals surface area (Å²) in [6.07, 6.45) is -5.07. The van der Waals surface area contributed by atoms with Crippen LogP contribution in [0, 0.1) is 0 Å². The quantitative estimate of drug-likeness (QED) is 0.584. The van der Waals surface area contributed by atoms with Crippen molar-refractivity contribution in [3.63, 3.8) is 0 Å². The zero-order valence-electron chi connectivity index (χ0n) is 17.8. The molecule has 32 heavy (non-hydrogen) atoms. The van der Waals surface area contributed by atoms with Crippen molar-refractivity contribution in [2.75, 3.05) is 12.3 Å². The molecular formula is C22H22F3N3O3S. The van der Waals surface area contributed by atoms with Crippen molar-refractivity contribution in [3.8, 4) is 11.4 Å². The van der Waals surface area contributed by atoms with Gasteiger partial charge in [-0.2, -0.15) is 13.2 Å². The minimum atomic E-state index is -4.60. The Morgan fingerprint density at radius 1 is 1.12 bits per heavy atom. The lowest BCUT2D eigenvalue weighted by Gasteiger charge is -2.35. The Balaban J connectivity index is 1.98. The maximum atomic E-state index is 13.6. The van der Waals surface area contributed by atoms with Gasteiger partial charge in [0.15, 0.2) is 9.84 Å². The summed E-state index contributed by atoms with van der Waals surface area (Å²) in [7, 11) is -2.15. The summed E-state index contributed by atoms with van der Waals surface area (Å²) in [6, 6.07) is 8.44. The lowest BCUT2D eigenvalue weighted by atomic mass is 10.0. The van der Waals surface area contributed by atoms with Gasteiger partial charge >= 0.3 is 6.18 Å². The molecule has 0 saturated carbocycles. The van der Waals surface area contributed by atoms with E-state index in [4.69, 9.17) is 0 Å². The van der Waals surface area contributed by atoms with Crippen molar-refractivity contribution in [1.29, 1.82) is 0 Å². The summed E-state index contributed by atoms with van der Waals surface area (Å²) < 4.78 is 68.0. The van der Waals surface area contributed by atoms with Crippen LogP contribution < -0.4 is 0 Å². The number of amides is 1. The van der Waals surface area contributed by atoms with Crippen LogP contribution in [0.1, 0.15) is 30.0 Å². The average molecular weight is 465 g/mol. The molecule has 2 heterocycles. The first-order valence-electron chi connectivity index (χ1n) is 10.2. The Kier molecular flexibility index (Phi) is 5.31. The van der Waals surface area contributed by atoms with E-state index in [-0.39, 0.29) is 40.0 Å². The van der Waals surface area contributed by atoms with Gasteiger partial charge in [0, 0.05) is 25.6 Å². The van der Waals surface area contributed by atoms with Gasteiger partial charge < -0.3 is 9.47 Å². The van der Waals surface area contributed by atoms with Crippen molar-refractivity contribution < 1.29 is 26.4 Å². The third kappa shape index (κ3) is 3.46. The van der Waals surface area contributed by atoms with Crippen LogP contribution in [-0.4, -0.2) is 53.3 Å². The molecule has 0 saturated heterocycles. The lowest BCUT2D eigenvalue weighted by Crippen LogP contribution is -2.53. The fourth-order valence-electron chi connectivity index (χ4n) is 4.24. The smallest absolute Gasteiger partial charge is 0.325 e. The van der Waals surface area contributed by atoms with Crippen LogP contribution in [0.15, 0.2) is 41.3 Å². The van der Waals surface area contributed by atoms with Crippen LogP contribution in [0.2, 0.25) is 0 Å². The standard InChI is InChI=1S/C22H22F3N3O3S/c1-4-28-18(22(23,24)25)12-16-19(21(28)29)27(3)20(26-16)15-10-13-8-6-7-9-14(13)11-17(15)32(30,31)5-2/h6-11,18H,4-5,12H2,1-3H3. The molecule has 0 aliphatic carbocycles. The molecule has 0 spiro atoms. The zero-order chi connectivity index (χ0) is 23.4. The number of carbonyl (C=O) groups is 1. The highest BCUT2D eigenvalue weighted by Crippen LogP contribution is 2.37. The minimum Gasteiger partial charge on any atom is -0.325 e. The van der Waals surface area contributed by atoms with E-state index in [1.165, 1.54) is 25.5 Å². The topological polar surface area (TPSA) is 72.3 Å². The number of fused-ring (bicyclic) bond motifs is 2. The van der Waals surface area contributed by atoms with Gasteiger partial charge in [-0.25, -0.2) is 13.4 Å². The number of nitrogens with zero attached hydrogens (tertiary/aromatic N) is 3. The number of sulfone groups is 1. The predicted octanol–water partition coefficient (Wildman–Crippen LogP) is 3.98. The second-order valence-electron chi connectivity index (χ2n) is 7.74. The molecule has 4 rings (SSSR count). The van der Waals surface area contributed by atoms with Crippen molar-refractivity contribution in [3.05, 3.63) is 47.8 Å². The largest absolute Gasteiger partial charge is 0.409 e. The normalized spacial score (nSPS) is 17.1. The number of hydrogen-bond donors (Lipinski definition) is 0. The van der Waals surface area contributed by atoms with E-state index in [1.54, 1.807) is 30.3 Å². The molecule has 1 unspecified atom stereocenters. The van der Waals surface area contributed by atoms with E-state index in [2.05, 4.69) is 4.98 Å². The van der Waals surface area contributed by atoms with Crippen LogP contribution in [0.25, 0.3) is 22.2 Å². The molecule has 0 fully saturated rings. The van der Waals surface area contributed by atoms with Crippen molar-refractivity contribution in [2.45, 2.75) is 37.4 Å². The van der Waals surface area contributed by atoms with E-state index in [9.17, 15) is 26.4 Å². The molecule has 0 bridgehead atoms. The molecule has 1 atom stereocenters. The summed E-state index contributed by atoms with van der Waals surface area (Å²) in [5.41, 5.74) is 0.338. The number of imidazole rings is 1. The molecule has 0 radical (unpaired) electrons. The van der Waals surface area contributed by atoms with Crippen molar-refractivity contribution in [1.82, 2.24) is 14.5 Å². The number of benzene rings is 2. The van der Waals surface area contributed by atoms with E-state index in [0.29, 0.717) is 5.39 Å². The van der Waals surface area contributed by atoms with E-state index < -0.39 is 34.4 Å². The monoisotopic (exact) mass is 465 g/mol. The third-order valence-electron chi connectivity index (χ3n) is 5.92. The second-order valence-corrected chi connectivity index (χ2v) is 9.99. The Hall–Kier alpha value is -2.88. The number of hydrogen-bond acceptors (Lipinski definition) is 4. The molecule has 170 valence electrons. The number of carbonyl (C=O) groups excluding carboxylic acids is 1.